The number of amides is 1. The molecule has 8 heteroatoms. The SMILES string of the molecule is CCCN(CCC)S(=O)(=O)c1ccc(C(=O)N[C@@H](C)C(=O)O)cc1. The van der Waals surface area contributed by atoms with Gasteiger partial charge >= 0.3 is 5.97 Å². The predicted octanol–water partition coefficient (Wildman–Crippen LogP) is 1.70. The molecule has 0 saturated carbocycles. The number of carboxylic acid groups (broad SMARTS) is 1. The highest BCUT2D eigenvalue weighted by Crippen LogP contribution is 2.17. The molecule has 24 heavy (non-hydrogen) atoms. The first-order chi connectivity index (χ1) is 11.2. The normalized spacial score (nSPS) is 12.8. The summed E-state index contributed by atoms with van der Waals surface area (Å²) in [5.41, 5.74) is 0.208. The molecule has 0 radical (unpaired) electrons. The summed E-state index contributed by atoms with van der Waals surface area (Å²) < 4.78 is 26.6. The molecular weight excluding hydrogens is 332 g/mol. The Bertz CT molecular complexity index is 664. The average molecular weight is 356 g/mol. The summed E-state index contributed by atoms with van der Waals surface area (Å²) in [4.78, 5) is 22.8. The first kappa shape index (κ1) is 20.1. The van der Waals surface area contributed by atoms with Gasteiger partial charge in [-0.3, -0.25) is 9.59 Å². The molecule has 1 aromatic rings. The van der Waals surface area contributed by atoms with Gasteiger partial charge in [-0.25, -0.2) is 8.42 Å². The van der Waals surface area contributed by atoms with E-state index in [4.69, 9.17) is 5.11 Å². The number of benzene rings is 1. The summed E-state index contributed by atoms with van der Waals surface area (Å²) in [6, 6.07) is 4.48. The highest BCUT2D eigenvalue weighted by molar-refractivity contribution is 7.89. The zero-order chi connectivity index (χ0) is 18.3. The van der Waals surface area contributed by atoms with E-state index < -0.39 is 27.9 Å². The van der Waals surface area contributed by atoms with Crippen LogP contribution in [-0.2, 0) is 14.8 Å². The number of carbonyl (C=O) groups is 2. The Morgan fingerprint density at radius 2 is 1.62 bits per heavy atom. The van der Waals surface area contributed by atoms with Crippen molar-refractivity contribution in [2.75, 3.05) is 13.1 Å². The van der Waals surface area contributed by atoms with Crippen LogP contribution in [0.3, 0.4) is 0 Å². The maximum Gasteiger partial charge on any atom is 0.325 e. The molecule has 0 aliphatic rings. The molecule has 0 saturated heterocycles. The zero-order valence-electron chi connectivity index (χ0n) is 14.2. The Hall–Kier alpha value is -1.93. The van der Waals surface area contributed by atoms with Gasteiger partial charge in [0.15, 0.2) is 0 Å². The van der Waals surface area contributed by atoms with Crippen molar-refractivity contribution in [1.82, 2.24) is 9.62 Å². The summed E-state index contributed by atoms with van der Waals surface area (Å²) in [6.07, 6.45) is 1.43. The van der Waals surface area contributed by atoms with Crippen LogP contribution in [0.4, 0.5) is 0 Å². The smallest absolute Gasteiger partial charge is 0.325 e. The van der Waals surface area contributed by atoms with E-state index in [0.29, 0.717) is 25.9 Å². The Kier molecular flexibility index (Phi) is 7.37. The van der Waals surface area contributed by atoms with Crippen molar-refractivity contribution in [3.8, 4) is 0 Å². The number of hydrogen-bond donors (Lipinski definition) is 2. The van der Waals surface area contributed by atoms with Gasteiger partial charge in [0.1, 0.15) is 6.04 Å². The topological polar surface area (TPSA) is 104 Å². The third-order valence-corrected chi connectivity index (χ3v) is 5.33. The van der Waals surface area contributed by atoms with E-state index in [2.05, 4.69) is 5.32 Å². The molecule has 1 amide bonds. The standard InChI is InChI=1S/C16H24N2O5S/c1-4-10-18(11-5-2)24(22,23)14-8-6-13(7-9-14)15(19)17-12(3)16(20)21/h6-9,12H,4-5,10-11H2,1-3H3,(H,17,19)(H,20,21)/t12-/m0/s1. The third-order valence-electron chi connectivity index (χ3n) is 3.42. The number of nitrogens with one attached hydrogen (secondary N) is 1. The van der Waals surface area contributed by atoms with Crippen molar-refractivity contribution < 1.29 is 23.1 Å². The highest BCUT2D eigenvalue weighted by atomic mass is 32.2. The highest BCUT2D eigenvalue weighted by Gasteiger charge is 2.23. The molecule has 0 aromatic heterocycles. The molecule has 0 bridgehead atoms. The average Bonchev–Trinajstić information content (AvgIpc) is 2.54. The van der Waals surface area contributed by atoms with Crippen LogP contribution in [0.15, 0.2) is 29.2 Å². The van der Waals surface area contributed by atoms with Crippen molar-refractivity contribution in [3.05, 3.63) is 29.8 Å². The Balaban J connectivity index is 2.97. The molecule has 1 atom stereocenters. The first-order valence-corrected chi connectivity index (χ1v) is 9.31. The molecule has 7 nitrogen and oxygen atoms in total. The number of carbonyl (C=O) groups excluding carboxylic acids is 1. The van der Waals surface area contributed by atoms with E-state index in [9.17, 15) is 18.0 Å². The lowest BCUT2D eigenvalue weighted by molar-refractivity contribution is -0.138. The molecule has 134 valence electrons. The summed E-state index contributed by atoms with van der Waals surface area (Å²) >= 11 is 0. The van der Waals surface area contributed by atoms with Crippen LogP contribution in [0.1, 0.15) is 44.0 Å². The molecule has 1 aromatic carbocycles. The minimum atomic E-state index is -3.60. The van der Waals surface area contributed by atoms with E-state index in [1.165, 1.54) is 35.5 Å². The van der Waals surface area contributed by atoms with Gasteiger partial charge in [-0.15, -0.1) is 0 Å². The van der Waals surface area contributed by atoms with Crippen molar-refractivity contribution in [2.45, 2.75) is 44.6 Å². The molecule has 0 unspecified atom stereocenters. The lowest BCUT2D eigenvalue weighted by Crippen LogP contribution is -2.38. The molecular formula is C16H24N2O5S. The molecule has 2 N–H and O–H groups in total. The largest absolute Gasteiger partial charge is 0.480 e. The third kappa shape index (κ3) is 5.04. The molecule has 0 aliphatic heterocycles. The van der Waals surface area contributed by atoms with Gasteiger partial charge in [0.05, 0.1) is 4.90 Å². The van der Waals surface area contributed by atoms with E-state index in [0.717, 1.165) is 0 Å². The summed E-state index contributed by atoms with van der Waals surface area (Å²) in [5, 5.41) is 11.1. The number of carboxylic acids is 1. The molecule has 1 rings (SSSR count). The second-order valence-corrected chi connectivity index (χ2v) is 7.40. The first-order valence-electron chi connectivity index (χ1n) is 7.87. The molecule has 0 fully saturated rings. The van der Waals surface area contributed by atoms with E-state index in [-0.39, 0.29) is 10.5 Å². The summed E-state index contributed by atoms with van der Waals surface area (Å²) in [5.74, 6) is -1.70. The van der Waals surface area contributed by atoms with Crippen molar-refractivity contribution in [3.63, 3.8) is 0 Å². The maximum atomic E-state index is 12.6. The number of nitrogens with zero attached hydrogens (tertiary/aromatic N) is 1. The Morgan fingerprint density at radius 3 is 2.04 bits per heavy atom. The van der Waals surface area contributed by atoms with Crippen LogP contribution in [0.5, 0.6) is 0 Å². The fourth-order valence-electron chi connectivity index (χ4n) is 2.12. The second-order valence-electron chi connectivity index (χ2n) is 5.46. The van der Waals surface area contributed by atoms with Gasteiger partial charge in [-0.05, 0) is 44.0 Å². The van der Waals surface area contributed by atoms with Crippen LogP contribution in [0, 0.1) is 0 Å². The monoisotopic (exact) mass is 356 g/mol. The zero-order valence-corrected chi connectivity index (χ0v) is 15.0. The van der Waals surface area contributed by atoms with Gasteiger partial charge in [-0.2, -0.15) is 4.31 Å². The molecule has 0 heterocycles. The Morgan fingerprint density at radius 1 is 1.12 bits per heavy atom. The number of sulfonamides is 1. The van der Waals surface area contributed by atoms with E-state index >= 15 is 0 Å². The summed E-state index contributed by atoms with van der Waals surface area (Å²) in [6.45, 7) is 6.06. The van der Waals surface area contributed by atoms with Gasteiger partial charge in [0.2, 0.25) is 10.0 Å². The van der Waals surface area contributed by atoms with Crippen LogP contribution in [0.25, 0.3) is 0 Å². The minimum absolute atomic E-state index is 0.118. The molecule has 0 aliphatic carbocycles. The van der Waals surface area contributed by atoms with Gasteiger partial charge in [-0.1, -0.05) is 13.8 Å². The lowest BCUT2D eigenvalue weighted by Gasteiger charge is -2.21. The second kappa shape index (κ2) is 8.79. The van der Waals surface area contributed by atoms with Gasteiger partial charge < -0.3 is 10.4 Å². The van der Waals surface area contributed by atoms with E-state index in [1.54, 1.807) is 0 Å². The van der Waals surface area contributed by atoms with Gasteiger partial charge in [0, 0.05) is 18.7 Å². The minimum Gasteiger partial charge on any atom is -0.480 e. The van der Waals surface area contributed by atoms with Crippen molar-refractivity contribution in [1.29, 1.82) is 0 Å². The maximum absolute atomic E-state index is 12.6. The number of hydrogen-bond acceptors (Lipinski definition) is 4. The predicted molar refractivity (Wildman–Crippen MR) is 90.3 cm³/mol. The van der Waals surface area contributed by atoms with Crippen LogP contribution >= 0.6 is 0 Å². The van der Waals surface area contributed by atoms with E-state index in [1.807, 2.05) is 13.8 Å². The fraction of sp³-hybridized carbons (Fsp3) is 0.500. The van der Waals surface area contributed by atoms with Crippen LogP contribution in [-0.4, -0.2) is 48.8 Å². The lowest BCUT2D eigenvalue weighted by atomic mass is 10.2. The van der Waals surface area contributed by atoms with Crippen LogP contribution in [0.2, 0.25) is 0 Å². The number of aliphatic carboxylic acids is 1. The Labute approximate surface area is 142 Å². The van der Waals surface area contributed by atoms with Gasteiger partial charge in [0.25, 0.3) is 5.91 Å². The van der Waals surface area contributed by atoms with Crippen LogP contribution < -0.4 is 5.32 Å². The van der Waals surface area contributed by atoms with Crippen molar-refractivity contribution in [2.24, 2.45) is 0 Å². The fourth-order valence-corrected chi connectivity index (χ4v) is 3.74. The quantitative estimate of drug-likeness (QED) is 0.701. The van der Waals surface area contributed by atoms with Crippen molar-refractivity contribution >= 4 is 21.9 Å². The molecule has 0 spiro atoms. The number of rotatable bonds is 9. The summed E-state index contributed by atoms with van der Waals surface area (Å²) in [7, 11) is -3.60.